The molecule has 0 unspecified atom stereocenters. The molecule has 1 aliphatic heterocycles. The number of carboxylic acids is 1. The zero-order chi connectivity index (χ0) is 7.61. The van der Waals surface area contributed by atoms with E-state index in [2.05, 4.69) is 11.2 Å². The molecule has 0 spiro atoms. The monoisotopic (exact) mass is 139 g/mol. The molecule has 0 aromatic carbocycles. The third kappa shape index (κ3) is 0.869. The summed E-state index contributed by atoms with van der Waals surface area (Å²) in [4.78, 5) is 10.6. The summed E-state index contributed by atoms with van der Waals surface area (Å²) in [5.41, 5.74) is -0.658. The minimum atomic E-state index is -0.788. The first-order valence-electron chi connectivity index (χ1n) is 3.09. The Bertz CT molecular complexity index is 188. The highest BCUT2D eigenvalue weighted by molar-refractivity contribution is 5.77. The van der Waals surface area contributed by atoms with E-state index < -0.39 is 11.4 Å². The molecule has 0 bridgehead atoms. The minimum Gasteiger partial charge on any atom is -0.481 e. The largest absolute Gasteiger partial charge is 0.481 e. The number of nitrogens with one attached hydrogen (secondary N) is 1. The van der Waals surface area contributed by atoms with Gasteiger partial charge in [-0.25, -0.2) is 0 Å². The van der Waals surface area contributed by atoms with Crippen molar-refractivity contribution in [1.82, 2.24) is 5.32 Å². The Balaban J connectivity index is 2.61. The molecule has 1 saturated heterocycles. The normalized spacial score (nSPS) is 20.7. The Hall–Kier alpha value is -1.01. The first kappa shape index (κ1) is 7.10. The highest BCUT2D eigenvalue weighted by atomic mass is 16.4. The molecule has 0 saturated carbocycles. The van der Waals surface area contributed by atoms with Gasteiger partial charge in [0.1, 0.15) is 5.41 Å². The van der Waals surface area contributed by atoms with Crippen LogP contribution in [0.15, 0.2) is 0 Å². The van der Waals surface area contributed by atoms with Crippen LogP contribution >= 0.6 is 0 Å². The summed E-state index contributed by atoms with van der Waals surface area (Å²) in [5.74, 6) is 1.58. The third-order valence-electron chi connectivity index (χ3n) is 1.82. The van der Waals surface area contributed by atoms with Gasteiger partial charge < -0.3 is 10.4 Å². The summed E-state index contributed by atoms with van der Waals surface area (Å²) in [6.07, 6.45) is 5.35. The van der Waals surface area contributed by atoms with E-state index in [1.165, 1.54) is 0 Å². The van der Waals surface area contributed by atoms with E-state index in [1.807, 2.05) is 0 Å². The molecule has 1 heterocycles. The van der Waals surface area contributed by atoms with E-state index in [9.17, 15) is 4.79 Å². The molecule has 0 radical (unpaired) electrons. The number of carboxylic acid groups (broad SMARTS) is 1. The molecule has 54 valence electrons. The van der Waals surface area contributed by atoms with Crippen LogP contribution in [0, 0.1) is 17.8 Å². The maximum Gasteiger partial charge on any atom is 0.313 e. The van der Waals surface area contributed by atoms with Crippen molar-refractivity contribution in [3.8, 4) is 12.3 Å². The molecule has 0 aliphatic carbocycles. The van der Waals surface area contributed by atoms with E-state index >= 15 is 0 Å². The molecule has 1 rings (SSSR count). The lowest BCUT2D eigenvalue weighted by molar-refractivity contribution is -0.151. The molecule has 0 atom stereocenters. The van der Waals surface area contributed by atoms with Crippen LogP contribution in [0.2, 0.25) is 0 Å². The van der Waals surface area contributed by atoms with E-state index in [-0.39, 0.29) is 0 Å². The van der Waals surface area contributed by atoms with Crippen LogP contribution < -0.4 is 5.32 Å². The van der Waals surface area contributed by atoms with Crippen LogP contribution in [0.1, 0.15) is 6.42 Å². The van der Waals surface area contributed by atoms with Crippen molar-refractivity contribution in [2.24, 2.45) is 5.41 Å². The van der Waals surface area contributed by atoms with Crippen LogP contribution in [-0.2, 0) is 4.79 Å². The predicted octanol–water partition coefficient (Wildman–Crippen LogP) is -0.316. The first-order chi connectivity index (χ1) is 4.71. The van der Waals surface area contributed by atoms with E-state index in [0.717, 1.165) is 0 Å². The zero-order valence-corrected chi connectivity index (χ0v) is 5.55. The predicted molar refractivity (Wildman–Crippen MR) is 36.4 cm³/mol. The molecule has 1 aliphatic rings. The number of rotatable bonds is 2. The highest BCUT2D eigenvalue weighted by Gasteiger charge is 2.43. The molecule has 2 N–H and O–H groups in total. The van der Waals surface area contributed by atoms with E-state index in [1.54, 1.807) is 0 Å². The van der Waals surface area contributed by atoms with Crippen LogP contribution in [-0.4, -0.2) is 24.2 Å². The van der Waals surface area contributed by atoms with Gasteiger partial charge in [-0.1, -0.05) is 0 Å². The van der Waals surface area contributed by atoms with Gasteiger partial charge in [-0.3, -0.25) is 4.79 Å². The molecule has 10 heavy (non-hydrogen) atoms. The second-order valence-electron chi connectivity index (χ2n) is 2.57. The fourth-order valence-corrected chi connectivity index (χ4v) is 0.974. The number of hydrogen-bond donors (Lipinski definition) is 2. The molecule has 1 fully saturated rings. The maximum absolute atomic E-state index is 10.6. The SMILES string of the molecule is C#CCC1(C(=O)O)CNC1. The van der Waals surface area contributed by atoms with Gasteiger partial charge in [-0.05, 0) is 0 Å². The number of terminal acetylenes is 1. The van der Waals surface area contributed by atoms with Crippen LogP contribution in [0.25, 0.3) is 0 Å². The van der Waals surface area contributed by atoms with Crippen molar-refractivity contribution in [3.05, 3.63) is 0 Å². The molecular formula is C7H9NO2. The van der Waals surface area contributed by atoms with Crippen molar-refractivity contribution in [1.29, 1.82) is 0 Å². The van der Waals surface area contributed by atoms with Crippen LogP contribution in [0.4, 0.5) is 0 Å². The Kier molecular flexibility index (Phi) is 1.64. The lowest BCUT2D eigenvalue weighted by atomic mass is 9.79. The van der Waals surface area contributed by atoms with Crippen molar-refractivity contribution < 1.29 is 9.90 Å². The van der Waals surface area contributed by atoms with Crippen molar-refractivity contribution in [3.63, 3.8) is 0 Å². The van der Waals surface area contributed by atoms with Gasteiger partial charge >= 0.3 is 5.97 Å². The Morgan fingerprint density at radius 1 is 1.80 bits per heavy atom. The van der Waals surface area contributed by atoms with Gasteiger partial charge in [0.25, 0.3) is 0 Å². The van der Waals surface area contributed by atoms with Gasteiger partial charge in [0.2, 0.25) is 0 Å². The van der Waals surface area contributed by atoms with Crippen molar-refractivity contribution in [2.75, 3.05) is 13.1 Å². The standard InChI is InChI=1S/C7H9NO2/c1-2-3-7(6(9)10)4-8-5-7/h1,8H,3-5H2,(H,9,10). The Morgan fingerprint density at radius 3 is 2.50 bits per heavy atom. The summed E-state index contributed by atoms with van der Waals surface area (Å²) in [5, 5.41) is 11.6. The van der Waals surface area contributed by atoms with Gasteiger partial charge in [0, 0.05) is 19.5 Å². The first-order valence-corrected chi connectivity index (χ1v) is 3.09. The molecule has 3 nitrogen and oxygen atoms in total. The van der Waals surface area contributed by atoms with Crippen LogP contribution in [0.3, 0.4) is 0 Å². The third-order valence-corrected chi connectivity index (χ3v) is 1.82. The highest BCUT2D eigenvalue weighted by Crippen LogP contribution is 2.26. The zero-order valence-electron chi connectivity index (χ0n) is 5.55. The fraction of sp³-hybridized carbons (Fsp3) is 0.571. The summed E-state index contributed by atoms with van der Waals surface area (Å²) >= 11 is 0. The quantitative estimate of drug-likeness (QED) is 0.516. The molecular weight excluding hydrogens is 130 g/mol. The Labute approximate surface area is 59.4 Å². The minimum absolute atomic E-state index is 0.329. The van der Waals surface area contributed by atoms with Gasteiger partial charge in [0.15, 0.2) is 0 Å². The molecule has 0 aromatic rings. The average Bonchev–Trinajstić information content (AvgIpc) is 1.77. The summed E-state index contributed by atoms with van der Waals surface area (Å²) in [7, 11) is 0. The second-order valence-corrected chi connectivity index (χ2v) is 2.57. The smallest absolute Gasteiger partial charge is 0.313 e. The van der Waals surface area contributed by atoms with E-state index in [0.29, 0.717) is 19.5 Å². The van der Waals surface area contributed by atoms with Crippen molar-refractivity contribution >= 4 is 5.97 Å². The summed E-state index contributed by atoms with van der Waals surface area (Å²) in [6, 6.07) is 0. The number of aliphatic carboxylic acids is 1. The molecule has 0 aromatic heterocycles. The number of carbonyl (C=O) groups is 1. The molecule has 0 amide bonds. The molecule has 3 heteroatoms. The second kappa shape index (κ2) is 2.31. The van der Waals surface area contributed by atoms with E-state index in [4.69, 9.17) is 11.5 Å². The average molecular weight is 139 g/mol. The van der Waals surface area contributed by atoms with Gasteiger partial charge in [0.05, 0.1) is 0 Å². The maximum atomic E-state index is 10.6. The lowest BCUT2D eigenvalue weighted by Gasteiger charge is -2.36. The summed E-state index contributed by atoms with van der Waals surface area (Å²) < 4.78 is 0. The lowest BCUT2D eigenvalue weighted by Crippen LogP contribution is -2.57. The summed E-state index contributed by atoms with van der Waals surface area (Å²) in [6.45, 7) is 1.01. The van der Waals surface area contributed by atoms with Gasteiger partial charge in [-0.15, -0.1) is 12.3 Å². The van der Waals surface area contributed by atoms with Crippen LogP contribution in [0.5, 0.6) is 0 Å². The number of hydrogen-bond acceptors (Lipinski definition) is 2. The fourth-order valence-electron chi connectivity index (χ4n) is 0.974. The topological polar surface area (TPSA) is 49.3 Å². The Morgan fingerprint density at radius 2 is 2.40 bits per heavy atom. The van der Waals surface area contributed by atoms with Gasteiger partial charge in [-0.2, -0.15) is 0 Å². The van der Waals surface area contributed by atoms with Crippen molar-refractivity contribution in [2.45, 2.75) is 6.42 Å².